The van der Waals surface area contributed by atoms with Crippen LogP contribution in [-0.2, 0) is 0 Å². The Kier molecular flexibility index (Phi) is 7.74. The second-order valence-electron chi connectivity index (χ2n) is 14.3. The van der Waals surface area contributed by atoms with E-state index in [1.807, 2.05) is 36.4 Å². The molecular formula is C52H33N5. The molecule has 0 fully saturated rings. The first-order valence-electron chi connectivity index (χ1n) is 19.1. The SMILES string of the molecule is c1ccc(-n2c3ccccc3c3c4c(ccc32)c(-c2ccc(-c3cccc(-c5cc(-c6ccccn6)nc(-c6ccccn6)c5)c3)cc2)nc2ccccc24)cc1. The lowest BCUT2D eigenvalue weighted by molar-refractivity contribution is 1.18. The standard InChI is InChI=1S/C52H33N5/c1-2-15-39(16-3-1)57-48-22-7-5-18-41(48)51-49(57)28-27-42-50(51)40-17-4-6-19-43(40)56-52(42)35-25-23-34(24-26-35)36-13-12-14-37(31-36)38-32-46(44-20-8-10-29-53-44)55-47(33-38)45-21-9-11-30-54-45/h1-33H. The summed E-state index contributed by atoms with van der Waals surface area (Å²) >= 11 is 0. The van der Waals surface area contributed by atoms with Gasteiger partial charge in [-0.2, -0.15) is 0 Å². The summed E-state index contributed by atoms with van der Waals surface area (Å²) in [6.45, 7) is 0. The van der Waals surface area contributed by atoms with Gasteiger partial charge in [-0.15, -0.1) is 0 Å². The summed E-state index contributed by atoms with van der Waals surface area (Å²) in [5.41, 5.74) is 14.2. The number of aromatic nitrogens is 5. The average Bonchev–Trinajstić information content (AvgIpc) is 3.64. The van der Waals surface area contributed by atoms with E-state index in [4.69, 9.17) is 9.97 Å². The Morgan fingerprint density at radius 1 is 0.333 bits per heavy atom. The molecule has 5 heterocycles. The van der Waals surface area contributed by atoms with E-state index in [-0.39, 0.29) is 0 Å². The molecule has 0 bridgehead atoms. The number of fused-ring (bicyclic) bond motifs is 7. The van der Waals surface area contributed by atoms with Gasteiger partial charge < -0.3 is 4.57 Å². The number of hydrogen-bond acceptors (Lipinski definition) is 4. The van der Waals surface area contributed by atoms with Crippen LogP contribution in [0.2, 0.25) is 0 Å². The van der Waals surface area contributed by atoms with E-state index in [2.05, 4.69) is 166 Å². The number of benzene rings is 6. The molecule has 0 aliphatic carbocycles. The van der Waals surface area contributed by atoms with Crippen LogP contribution in [0.25, 0.3) is 105 Å². The lowest BCUT2D eigenvalue weighted by atomic mass is 9.94. The molecule has 11 rings (SSSR count). The van der Waals surface area contributed by atoms with Crippen molar-refractivity contribution in [2.24, 2.45) is 0 Å². The van der Waals surface area contributed by atoms with Crippen molar-refractivity contribution in [1.82, 2.24) is 24.5 Å². The van der Waals surface area contributed by atoms with Crippen LogP contribution in [-0.4, -0.2) is 24.5 Å². The summed E-state index contributed by atoms with van der Waals surface area (Å²) in [5, 5.41) is 5.99. The maximum atomic E-state index is 5.33. The summed E-state index contributed by atoms with van der Waals surface area (Å²) in [6, 6.07) is 66.0. The van der Waals surface area contributed by atoms with Crippen LogP contribution in [0.3, 0.4) is 0 Å². The Bertz CT molecular complexity index is 3210. The fourth-order valence-corrected chi connectivity index (χ4v) is 8.26. The van der Waals surface area contributed by atoms with E-state index < -0.39 is 0 Å². The molecule has 5 nitrogen and oxygen atoms in total. The Morgan fingerprint density at radius 3 is 1.68 bits per heavy atom. The number of hydrogen-bond donors (Lipinski definition) is 0. The molecule has 11 aromatic rings. The minimum absolute atomic E-state index is 0.806. The van der Waals surface area contributed by atoms with E-state index in [0.29, 0.717) is 0 Å². The number of rotatable bonds is 6. The zero-order valence-corrected chi connectivity index (χ0v) is 30.8. The summed E-state index contributed by atoms with van der Waals surface area (Å²) in [4.78, 5) is 19.5. The van der Waals surface area contributed by atoms with E-state index in [0.717, 1.165) is 78.3 Å². The number of pyridine rings is 4. The molecule has 0 aliphatic heterocycles. The largest absolute Gasteiger partial charge is 0.309 e. The Balaban J connectivity index is 1.03. The van der Waals surface area contributed by atoms with Gasteiger partial charge in [0, 0.05) is 50.6 Å². The minimum atomic E-state index is 0.806. The lowest BCUT2D eigenvalue weighted by Crippen LogP contribution is -1.94. The quantitative estimate of drug-likeness (QED) is 0.160. The summed E-state index contributed by atoms with van der Waals surface area (Å²) in [7, 11) is 0. The van der Waals surface area contributed by atoms with Gasteiger partial charge in [0.15, 0.2) is 0 Å². The van der Waals surface area contributed by atoms with Crippen molar-refractivity contribution in [2.75, 3.05) is 0 Å². The highest BCUT2D eigenvalue weighted by Gasteiger charge is 2.19. The normalized spacial score (nSPS) is 11.5. The lowest BCUT2D eigenvalue weighted by Gasteiger charge is -2.13. The fraction of sp³-hybridized carbons (Fsp3) is 0. The van der Waals surface area contributed by atoms with Crippen molar-refractivity contribution < 1.29 is 0 Å². The van der Waals surface area contributed by atoms with Gasteiger partial charge in [0.05, 0.1) is 45.0 Å². The molecule has 0 atom stereocenters. The van der Waals surface area contributed by atoms with Gasteiger partial charge in [-0.05, 0) is 95.1 Å². The zero-order chi connectivity index (χ0) is 37.7. The molecule has 0 radical (unpaired) electrons. The van der Waals surface area contributed by atoms with Crippen LogP contribution in [0.1, 0.15) is 0 Å². The molecule has 0 aliphatic rings. The highest BCUT2D eigenvalue weighted by molar-refractivity contribution is 6.29. The monoisotopic (exact) mass is 727 g/mol. The van der Waals surface area contributed by atoms with E-state index in [1.165, 1.54) is 27.2 Å². The van der Waals surface area contributed by atoms with Gasteiger partial charge >= 0.3 is 0 Å². The van der Waals surface area contributed by atoms with Crippen molar-refractivity contribution in [3.05, 3.63) is 200 Å². The van der Waals surface area contributed by atoms with Gasteiger partial charge in [0.1, 0.15) is 0 Å². The predicted octanol–water partition coefficient (Wildman–Crippen LogP) is 13.0. The molecule has 266 valence electrons. The van der Waals surface area contributed by atoms with Gasteiger partial charge in [0.2, 0.25) is 0 Å². The molecule has 0 saturated heterocycles. The summed E-state index contributed by atoms with van der Waals surface area (Å²) < 4.78 is 2.38. The molecule has 0 spiro atoms. The average molecular weight is 728 g/mol. The highest BCUT2D eigenvalue weighted by Crippen LogP contribution is 2.42. The van der Waals surface area contributed by atoms with Crippen LogP contribution >= 0.6 is 0 Å². The molecule has 0 unspecified atom stereocenters. The summed E-state index contributed by atoms with van der Waals surface area (Å²) in [5.74, 6) is 0. The molecular weight excluding hydrogens is 695 g/mol. The Morgan fingerprint density at radius 2 is 0.965 bits per heavy atom. The van der Waals surface area contributed by atoms with E-state index >= 15 is 0 Å². The fourth-order valence-electron chi connectivity index (χ4n) is 8.26. The number of nitrogens with zero attached hydrogens (tertiary/aromatic N) is 5. The third-order valence-corrected chi connectivity index (χ3v) is 10.9. The van der Waals surface area contributed by atoms with Gasteiger partial charge in [0.25, 0.3) is 0 Å². The third kappa shape index (κ3) is 5.64. The second-order valence-corrected chi connectivity index (χ2v) is 14.3. The second kappa shape index (κ2) is 13.5. The molecule has 0 amide bonds. The first kappa shape index (κ1) is 32.7. The van der Waals surface area contributed by atoms with Crippen molar-refractivity contribution in [3.8, 4) is 62.0 Å². The van der Waals surface area contributed by atoms with Crippen LogP contribution in [0.4, 0.5) is 0 Å². The zero-order valence-electron chi connectivity index (χ0n) is 30.8. The molecule has 6 aromatic carbocycles. The number of para-hydroxylation sites is 3. The molecule has 5 aromatic heterocycles. The maximum absolute atomic E-state index is 5.33. The van der Waals surface area contributed by atoms with Crippen LogP contribution in [0.15, 0.2) is 200 Å². The topological polar surface area (TPSA) is 56.5 Å². The third-order valence-electron chi connectivity index (χ3n) is 10.9. The summed E-state index contributed by atoms with van der Waals surface area (Å²) in [6.07, 6.45) is 3.60. The first-order valence-corrected chi connectivity index (χ1v) is 19.1. The van der Waals surface area contributed by atoms with Gasteiger partial charge in [-0.3, -0.25) is 9.97 Å². The Labute approximate surface area is 329 Å². The van der Waals surface area contributed by atoms with Crippen LogP contribution in [0, 0.1) is 0 Å². The maximum Gasteiger partial charge on any atom is 0.0900 e. The smallest absolute Gasteiger partial charge is 0.0900 e. The van der Waals surface area contributed by atoms with Gasteiger partial charge in [-0.25, -0.2) is 9.97 Å². The first-order chi connectivity index (χ1) is 28.3. The van der Waals surface area contributed by atoms with Crippen molar-refractivity contribution >= 4 is 43.5 Å². The highest BCUT2D eigenvalue weighted by atomic mass is 15.0. The van der Waals surface area contributed by atoms with Crippen molar-refractivity contribution in [2.45, 2.75) is 0 Å². The van der Waals surface area contributed by atoms with Crippen molar-refractivity contribution in [1.29, 1.82) is 0 Å². The minimum Gasteiger partial charge on any atom is -0.309 e. The molecule has 0 N–H and O–H groups in total. The van der Waals surface area contributed by atoms with Gasteiger partial charge in [-0.1, -0.05) is 115 Å². The van der Waals surface area contributed by atoms with Crippen molar-refractivity contribution in [3.63, 3.8) is 0 Å². The Hall–Kier alpha value is -7.76. The van der Waals surface area contributed by atoms with E-state index in [1.54, 1.807) is 12.4 Å². The van der Waals surface area contributed by atoms with Crippen LogP contribution in [0.5, 0.6) is 0 Å². The molecule has 57 heavy (non-hydrogen) atoms. The van der Waals surface area contributed by atoms with E-state index in [9.17, 15) is 0 Å². The predicted molar refractivity (Wildman–Crippen MR) is 234 cm³/mol. The molecule has 0 saturated carbocycles. The molecule has 5 heteroatoms. The van der Waals surface area contributed by atoms with Crippen LogP contribution < -0.4 is 0 Å².